The highest BCUT2D eigenvalue weighted by Gasteiger charge is 2.34. The molecular weight excluding hydrogens is 388 g/mol. The van der Waals surface area contributed by atoms with E-state index in [2.05, 4.69) is 15.5 Å². The molecular formula is C21H42N4O3S. The molecule has 170 valence electrons. The van der Waals surface area contributed by atoms with E-state index in [1.807, 2.05) is 6.92 Å². The first kappa shape index (κ1) is 24.4. The fourth-order valence-electron chi connectivity index (χ4n) is 4.10. The van der Waals surface area contributed by atoms with E-state index in [1.54, 1.807) is 20.8 Å². The van der Waals surface area contributed by atoms with E-state index >= 15 is 0 Å². The monoisotopic (exact) mass is 430 g/mol. The van der Waals surface area contributed by atoms with E-state index < -0.39 is 14.6 Å². The molecule has 8 heteroatoms. The molecule has 0 spiro atoms. The van der Waals surface area contributed by atoms with Gasteiger partial charge in [0.15, 0.2) is 15.8 Å². The highest BCUT2D eigenvalue weighted by atomic mass is 32.2. The van der Waals surface area contributed by atoms with Gasteiger partial charge in [-0.15, -0.1) is 0 Å². The van der Waals surface area contributed by atoms with Gasteiger partial charge in [-0.3, -0.25) is 9.89 Å². The Labute approximate surface area is 178 Å². The highest BCUT2D eigenvalue weighted by molar-refractivity contribution is 7.92. The van der Waals surface area contributed by atoms with Crippen LogP contribution in [0.1, 0.15) is 59.8 Å². The molecule has 29 heavy (non-hydrogen) atoms. The molecule has 0 bridgehead atoms. The first-order valence-electron chi connectivity index (χ1n) is 11.2. The molecule has 7 nitrogen and oxygen atoms in total. The Morgan fingerprint density at radius 3 is 2.34 bits per heavy atom. The third-order valence-electron chi connectivity index (χ3n) is 6.09. The van der Waals surface area contributed by atoms with E-state index in [1.165, 1.54) is 32.1 Å². The molecule has 1 aliphatic heterocycles. The number of morpholine rings is 1. The van der Waals surface area contributed by atoms with Crippen LogP contribution >= 0.6 is 0 Å². The van der Waals surface area contributed by atoms with Crippen molar-refractivity contribution < 1.29 is 13.2 Å². The number of guanidine groups is 1. The molecule has 1 heterocycles. The van der Waals surface area contributed by atoms with Crippen LogP contribution in [0, 0.1) is 5.41 Å². The van der Waals surface area contributed by atoms with Crippen molar-refractivity contribution in [2.24, 2.45) is 10.4 Å². The van der Waals surface area contributed by atoms with Gasteiger partial charge in [0.1, 0.15) is 0 Å². The Kier molecular flexibility index (Phi) is 9.22. The first-order valence-corrected chi connectivity index (χ1v) is 12.9. The largest absolute Gasteiger partial charge is 0.379 e. The molecule has 0 aromatic rings. The molecule has 0 aromatic carbocycles. The lowest BCUT2D eigenvalue weighted by molar-refractivity contribution is 0.00937. The second kappa shape index (κ2) is 11.0. The zero-order chi connectivity index (χ0) is 21.4. The van der Waals surface area contributed by atoms with Gasteiger partial charge in [-0.1, -0.05) is 19.3 Å². The van der Waals surface area contributed by atoms with Gasteiger partial charge in [0.25, 0.3) is 0 Å². The average Bonchev–Trinajstić information content (AvgIpc) is 2.67. The van der Waals surface area contributed by atoms with E-state index in [0.717, 1.165) is 51.9 Å². The van der Waals surface area contributed by atoms with Gasteiger partial charge in [-0.05, 0) is 40.5 Å². The van der Waals surface area contributed by atoms with Crippen LogP contribution in [-0.2, 0) is 14.6 Å². The highest BCUT2D eigenvalue weighted by Crippen LogP contribution is 2.37. The van der Waals surface area contributed by atoms with Crippen LogP contribution < -0.4 is 10.6 Å². The fourth-order valence-corrected chi connectivity index (χ4v) is 5.08. The fraction of sp³-hybridized carbons (Fsp3) is 0.952. The Balaban J connectivity index is 1.98. The number of hydrogen-bond acceptors (Lipinski definition) is 5. The van der Waals surface area contributed by atoms with Crippen molar-refractivity contribution >= 4 is 15.8 Å². The molecule has 2 rings (SSSR count). The lowest BCUT2D eigenvalue weighted by Gasteiger charge is -2.41. The molecule has 1 saturated carbocycles. The Morgan fingerprint density at radius 1 is 1.10 bits per heavy atom. The molecule has 0 radical (unpaired) electrons. The predicted molar refractivity (Wildman–Crippen MR) is 120 cm³/mol. The minimum Gasteiger partial charge on any atom is -0.379 e. The second-order valence-electron chi connectivity index (χ2n) is 9.50. The summed E-state index contributed by atoms with van der Waals surface area (Å²) in [6.07, 6.45) is 6.29. The second-order valence-corrected chi connectivity index (χ2v) is 12.4. The van der Waals surface area contributed by atoms with Crippen molar-refractivity contribution in [2.45, 2.75) is 64.5 Å². The maximum absolute atomic E-state index is 12.4. The van der Waals surface area contributed by atoms with Gasteiger partial charge in [0.2, 0.25) is 0 Å². The smallest absolute Gasteiger partial charge is 0.191 e. The van der Waals surface area contributed by atoms with Crippen molar-refractivity contribution in [1.29, 1.82) is 0 Å². The van der Waals surface area contributed by atoms with Crippen molar-refractivity contribution in [3.8, 4) is 0 Å². The van der Waals surface area contributed by atoms with Crippen molar-refractivity contribution in [2.75, 3.05) is 58.2 Å². The topological polar surface area (TPSA) is 83.0 Å². The lowest BCUT2D eigenvalue weighted by Crippen LogP contribution is -2.47. The third-order valence-corrected chi connectivity index (χ3v) is 8.70. The van der Waals surface area contributed by atoms with E-state index in [4.69, 9.17) is 9.73 Å². The van der Waals surface area contributed by atoms with Crippen LogP contribution in [0.4, 0.5) is 0 Å². The van der Waals surface area contributed by atoms with Crippen molar-refractivity contribution in [3.63, 3.8) is 0 Å². The summed E-state index contributed by atoms with van der Waals surface area (Å²) in [5.74, 6) is 0.836. The molecule has 2 fully saturated rings. The maximum atomic E-state index is 12.4. The average molecular weight is 431 g/mol. The third kappa shape index (κ3) is 7.72. The number of ether oxygens (including phenoxy) is 1. The van der Waals surface area contributed by atoms with Gasteiger partial charge < -0.3 is 15.4 Å². The minimum atomic E-state index is -3.14. The van der Waals surface area contributed by atoms with Gasteiger partial charge in [-0.25, -0.2) is 8.42 Å². The zero-order valence-corrected chi connectivity index (χ0v) is 19.7. The maximum Gasteiger partial charge on any atom is 0.191 e. The lowest BCUT2D eigenvalue weighted by atomic mass is 9.73. The van der Waals surface area contributed by atoms with Crippen molar-refractivity contribution in [3.05, 3.63) is 0 Å². The minimum absolute atomic E-state index is 0.111. The predicted octanol–water partition coefficient (Wildman–Crippen LogP) is 2.04. The molecule has 2 aliphatic rings. The van der Waals surface area contributed by atoms with E-state index in [-0.39, 0.29) is 11.2 Å². The zero-order valence-electron chi connectivity index (χ0n) is 18.9. The quantitative estimate of drug-likeness (QED) is 0.453. The van der Waals surface area contributed by atoms with Gasteiger partial charge in [-0.2, -0.15) is 0 Å². The molecule has 0 atom stereocenters. The van der Waals surface area contributed by atoms with Crippen LogP contribution in [-0.4, -0.2) is 82.3 Å². The first-order chi connectivity index (χ1) is 13.7. The molecule has 1 aliphatic carbocycles. The number of aliphatic imine (C=N–C) groups is 1. The number of rotatable bonds is 8. The summed E-state index contributed by atoms with van der Waals surface area (Å²) in [4.78, 5) is 7.43. The number of nitrogens with zero attached hydrogens (tertiary/aromatic N) is 2. The Morgan fingerprint density at radius 2 is 1.76 bits per heavy atom. The van der Waals surface area contributed by atoms with Crippen LogP contribution in [0.2, 0.25) is 0 Å². The van der Waals surface area contributed by atoms with Crippen LogP contribution in [0.15, 0.2) is 4.99 Å². The number of sulfone groups is 1. The summed E-state index contributed by atoms with van der Waals surface area (Å²) in [6.45, 7) is 14.0. The summed E-state index contributed by atoms with van der Waals surface area (Å²) in [7, 11) is -3.14. The summed E-state index contributed by atoms with van der Waals surface area (Å²) >= 11 is 0. The van der Waals surface area contributed by atoms with Crippen LogP contribution in [0.25, 0.3) is 0 Å². The number of hydrogen-bond donors (Lipinski definition) is 2. The molecule has 2 N–H and O–H groups in total. The van der Waals surface area contributed by atoms with Gasteiger partial charge in [0, 0.05) is 44.7 Å². The summed E-state index contributed by atoms with van der Waals surface area (Å²) in [6, 6.07) is 0. The van der Waals surface area contributed by atoms with Crippen LogP contribution in [0.5, 0.6) is 0 Å². The van der Waals surface area contributed by atoms with Gasteiger partial charge >= 0.3 is 0 Å². The Hall–Kier alpha value is -0.860. The summed E-state index contributed by atoms with van der Waals surface area (Å²) in [5.41, 5.74) is 0.218. The van der Waals surface area contributed by atoms with E-state index in [0.29, 0.717) is 6.54 Å². The van der Waals surface area contributed by atoms with Crippen molar-refractivity contribution in [1.82, 2.24) is 15.5 Å². The normalized spacial score (nSPS) is 21.7. The molecule has 0 aromatic heterocycles. The molecule has 1 saturated heterocycles. The van der Waals surface area contributed by atoms with E-state index in [9.17, 15) is 8.42 Å². The summed E-state index contributed by atoms with van der Waals surface area (Å²) in [5, 5.41) is 6.51. The molecule has 0 amide bonds. The molecule has 0 unspecified atom stereocenters. The SMILES string of the molecule is CCNC(=NCC1(CN2CCOCC2)CCCCC1)NCCS(=O)(=O)C(C)(C)C. The van der Waals surface area contributed by atoms with Crippen LogP contribution in [0.3, 0.4) is 0 Å². The summed E-state index contributed by atoms with van der Waals surface area (Å²) < 4.78 is 29.5. The number of nitrogens with one attached hydrogen (secondary N) is 2. The standard InChI is InChI=1S/C21H42N4O3S/c1-5-22-19(23-11-16-29(26,27)20(2,3)4)24-17-21(9-7-6-8-10-21)18-25-12-14-28-15-13-25/h5-18H2,1-4H3,(H2,22,23,24). The Bertz CT molecular complexity index is 616. The van der Waals surface area contributed by atoms with Gasteiger partial charge in [0.05, 0.1) is 23.7 Å².